The average molecular weight is 251 g/mol. The number of likely N-dealkylation sites (tertiary alicyclic amines) is 1. The third kappa shape index (κ3) is 1.98. The molecule has 1 aromatic rings. The lowest BCUT2D eigenvalue weighted by molar-refractivity contribution is 0.0778. The van der Waals surface area contributed by atoms with E-state index in [0.29, 0.717) is 17.5 Å². The van der Waals surface area contributed by atoms with Crippen LogP contribution in [-0.4, -0.2) is 34.9 Å². The van der Waals surface area contributed by atoms with Crippen LogP contribution in [0.2, 0.25) is 0 Å². The molecule has 1 aromatic heterocycles. The highest BCUT2D eigenvalue weighted by atomic mass is 32.1. The van der Waals surface area contributed by atoms with E-state index in [1.807, 2.05) is 10.3 Å². The van der Waals surface area contributed by atoms with E-state index in [2.05, 4.69) is 4.98 Å². The van der Waals surface area contributed by atoms with Gasteiger partial charge in [0.25, 0.3) is 5.91 Å². The second-order valence-electron chi connectivity index (χ2n) is 5.10. The summed E-state index contributed by atoms with van der Waals surface area (Å²) in [4.78, 5) is 18.2. The van der Waals surface area contributed by atoms with Crippen molar-refractivity contribution in [2.75, 3.05) is 13.1 Å². The maximum absolute atomic E-state index is 12.2. The Hall–Kier alpha value is -0.940. The molecule has 2 heterocycles. The zero-order valence-corrected chi connectivity index (χ0v) is 10.5. The first kappa shape index (κ1) is 11.2. The van der Waals surface area contributed by atoms with Crippen molar-refractivity contribution in [2.24, 2.45) is 17.6 Å². The molecule has 0 bridgehead atoms. The fraction of sp³-hybridized carbons (Fsp3) is 0.667. The summed E-state index contributed by atoms with van der Waals surface area (Å²) < 4.78 is 0. The number of carbonyl (C=O) groups is 1. The summed E-state index contributed by atoms with van der Waals surface area (Å²) in [5, 5.41) is 1.82. The van der Waals surface area contributed by atoms with Crippen molar-refractivity contribution in [3.8, 4) is 0 Å². The van der Waals surface area contributed by atoms with Crippen LogP contribution < -0.4 is 5.73 Å². The number of hydrogen-bond donors (Lipinski definition) is 1. The van der Waals surface area contributed by atoms with Gasteiger partial charge in [-0.05, 0) is 24.7 Å². The minimum absolute atomic E-state index is 0.0767. The summed E-state index contributed by atoms with van der Waals surface area (Å²) in [7, 11) is 0. The Morgan fingerprint density at radius 3 is 3.06 bits per heavy atom. The number of carbonyl (C=O) groups excluding carboxylic acids is 1. The molecule has 1 saturated heterocycles. The van der Waals surface area contributed by atoms with E-state index in [9.17, 15) is 4.79 Å². The van der Waals surface area contributed by atoms with Gasteiger partial charge in [0.15, 0.2) is 0 Å². The van der Waals surface area contributed by atoms with E-state index in [1.54, 1.807) is 5.51 Å². The second-order valence-corrected chi connectivity index (χ2v) is 5.82. The molecule has 0 spiro atoms. The van der Waals surface area contributed by atoms with Gasteiger partial charge in [0.2, 0.25) is 0 Å². The Bertz CT molecular complexity index is 406. The van der Waals surface area contributed by atoms with Gasteiger partial charge in [-0.15, -0.1) is 11.3 Å². The number of nitrogens with zero attached hydrogens (tertiary/aromatic N) is 2. The third-order valence-corrected chi connectivity index (χ3v) is 4.68. The zero-order valence-electron chi connectivity index (χ0n) is 9.71. The van der Waals surface area contributed by atoms with E-state index >= 15 is 0 Å². The van der Waals surface area contributed by atoms with Crippen LogP contribution >= 0.6 is 11.3 Å². The SMILES string of the molecule is NC1CCCC2CN(C(=O)c3cscn3)CC12. The fourth-order valence-electron chi connectivity index (χ4n) is 3.16. The van der Waals surface area contributed by atoms with Crippen LogP contribution in [0.15, 0.2) is 10.9 Å². The van der Waals surface area contributed by atoms with Crippen LogP contribution in [0.4, 0.5) is 0 Å². The van der Waals surface area contributed by atoms with Gasteiger partial charge in [-0.1, -0.05) is 6.42 Å². The molecule has 1 aliphatic heterocycles. The minimum atomic E-state index is 0.0767. The molecule has 92 valence electrons. The van der Waals surface area contributed by atoms with Gasteiger partial charge in [0, 0.05) is 24.5 Å². The summed E-state index contributed by atoms with van der Waals surface area (Å²) >= 11 is 1.47. The van der Waals surface area contributed by atoms with Crippen molar-refractivity contribution in [3.05, 3.63) is 16.6 Å². The number of fused-ring (bicyclic) bond motifs is 1. The first-order valence-electron chi connectivity index (χ1n) is 6.19. The highest BCUT2D eigenvalue weighted by Crippen LogP contribution is 2.35. The van der Waals surface area contributed by atoms with Crippen molar-refractivity contribution in [1.82, 2.24) is 9.88 Å². The lowest BCUT2D eigenvalue weighted by atomic mass is 9.78. The lowest BCUT2D eigenvalue weighted by Gasteiger charge is -2.29. The Morgan fingerprint density at radius 1 is 1.47 bits per heavy atom. The number of aromatic nitrogens is 1. The molecule has 1 amide bonds. The summed E-state index contributed by atoms with van der Waals surface area (Å²) in [6.45, 7) is 1.69. The minimum Gasteiger partial charge on any atom is -0.337 e. The topological polar surface area (TPSA) is 59.2 Å². The Kier molecular flexibility index (Phi) is 2.88. The second kappa shape index (κ2) is 4.38. The molecule has 1 saturated carbocycles. The number of amides is 1. The van der Waals surface area contributed by atoms with Crippen molar-refractivity contribution in [3.63, 3.8) is 0 Å². The van der Waals surface area contributed by atoms with Gasteiger partial charge < -0.3 is 10.6 Å². The normalized spacial score (nSPS) is 32.5. The van der Waals surface area contributed by atoms with Gasteiger partial charge >= 0.3 is 0 Å². The molecule has 1 aliphatic carbocycles. The Labute approximate surface area is 105 Å². The zero-order chi connectivity index (χ0) is 11.8. The monoisotopic (exact) mass is 251 g/mol. The molecule has 5 heteroatoms. The molecule has 2 fully saturated rings. The molecular weight excluding hydrogens is 234 g/mol. The largest absolute Gasteiger partial charge is 0.337 e. The summed E-state index contributed by atoms with van der Waals surface area (Å²) in [6, 6.07) is 0.280. The number of nitrogens with two attached hydrogens (primary N) is 1. The summed E-state index contributed by atoms with van der Waals surface area (Å²) in [6.07, 6.45) is 3.54. The van der Waals surface area contributed by atoms with E-state index in [-0.39, 0.29) is 11.9 Å². The van der Waals surface area contributed by atoms with E-state index in [1.165, 1.54) is 24.2 Å². The van der Waals surface area contributed by atoms with Crippen molar-refractivity contribution in [2.45, 2.75) is 25.3 Å². The molecule has 17 heavy (non-hydrogen) atoms. The van der Waals surface area contributed by atoms with Gasteiger partial charge in [-0.2, -0.15) is 0 Å². The van der Waals surface area contributed by atoms with E-state index in [4.69, 9.17) is 5.73 Å². The molecule has 0 aromatic carbocycles. The quantitative estimate of drug-likeness (QED) is 0.819. The smallest absolute Gasteiger partial charge is 0.273 e. The van der Waals surface area contributed by atoms with Crippen LogP contribution in [0.25, 0.3) is 0 Å². The van der Waals surface area contributed by atoms with Gasteiger partial charge in [-0.3, -0.25) is 4.79 Å². The molecule has 0 radical (unpaired) electrons. The third-order valence-electron chi connectivity index (χ3n) is 4.09. The Morgan fingerprint density at radius 2 is 2.35 bits per heavy atom. The van der Waals surface area contributed by atoms with Crippen LogP contribution in [-0.2, 0) is 0 Å². The first-order valence-corrected chi connectivity index (χ1v) is 7.13. The van der Waals surface area contributed by atoms with Crippen molar-refractivity contribution in [1.29, 1.82) is 0 Å². The molecule has 3 atom stereocenters. The van der Waals surface area contributed by atoms with Gasteiger partial charge in [0.05, 0.1) is 5.51 Å². The molecule has 2 N–H and O–H groups in total. The van der Waals surface area contributed by atoms with Crippen molar-refractivity contribution < 1.29 is 4.79 Å². The lowest BCUT2D eigenvalue weighted by Crippen LogP contribution is -2.38. The maximum Gasteiger partial charge on any atom is 0.273 e. The molecule has 3 unspecified atom stereocenters. The first-order chi connectivity index (χ1) is 8.25. The molecular formula is C12H17N3OS. The maximum atomic E-state index is 12.2. The molecule has 2 aliphatic rings. The number of thiazole rings is 1. The summed E-state index contributed by atoms with van der Waals surface area (Å²) in [5.74, 6) is 1.19. The summed E-state index contributed by atoms with van der Waals surface area (Å²) in [5.41, 5.74) is 8.45. The highest BCUT2D eigenvalue weighted by molar-refractivity contribution is 7.07. The van der Waals surface area contributed by atoms with E-state index < -0.39 is 0 Å². The van der Waals surface area contributed by atoms with Crippen LogP contribution in [0.5, 0.6) is 0 Å². The Balaban J connectivity index is 1.73. The predicted octanol–water partition coefficient (Wildman–Crippen LogP) is 1.34. The highest BCUT2D eigenvalue weighted by Gasteiger charge is 2.40. The number of hydrogen-bond acceptors (Lipinski definition) is 4. The van der Waals surface area contributed by atoms with Crippen LogP contribution in [0.3, 0.4) is 0 Å². The van der Waals surface area contributed by atoms with Gasteiger partial charge in [-0.25, -0.2) is 4.98 Å². The average Bonchev–Trinajstić information content (AvgIpc) is 2.98. The standard InChI is InChI=1S/C12H17N3OS/c13-10-3-1-2-8-4-15(5-9(8)10)12(16)11-6-17-7-14-11/h6-10H,1-5,13H2. The van der Waals surface area contributed by atoms with E-state index in [0.717, 1.165) is 19.5 Å². The number of rotatable bonds is 1. The van der Waals surface area contributed by atoms with Crippen LogP contribution in [0, 0.1) is 11.8 Å². The fourth-order valence-corrected chi connectivity index (χ4v) is 3.69. The van der Waals surface area contributed by atoms with Crippen LogP contribution in [0.1, 0.15) is 29.8 Å². The van der Waals surface area contributed by atoms with Gasteiger partial charge in [0.1, 0.15) is 5.69 Å². The molecule has 3 rings (SSSR count). The predicted molar refractivity (Wildman–Crippen MR) is 66.8 cm³/mol. The van der Waals surface area contributed by atoms with Crippen molar-refractivity contribution >= 4 is 17.2 Å². The molecule has 4 nitrogen and oxygen atoms in total.